The lowest BCUT2D eigenvalue weighted by atomic mass is 10.1. The maximum absolute atomic E-state index is 12.5. The van der Waals surface area contributed by atoms with Crippen LogP contribution >= 0.6 is 0 Å². The smallest absolute Gasteiger partial charge is 0.222 e. The molecule has 0 aromatic carbocycles. The van der Waals surface area contributed by atoms with Crippen LogP contribution in [-0.4, -0.2) is 66.1 Å². The van der Waals surface area contributed by atoms with Crippen LogP contribution in [0, 0.1) is 0 Å². The van der Waals surface area contributed by atoms with E-state index in [9.17, 15) is 4.79 Å². The van der Waals surface area contributed by atoms with Crippen LogP contribution in [0.3, 0.4) is 0 Å². The Morgan fingerprint density at radius 1 is 1.13 bits per heavy atom. The monoisotopic (exact) mass is 317 g/mol. The highest BCUT2D eigenvalue weighted by Crippen LogP contribution is 2.17. The van der Waals surface area contributed by atoms with Crippen LogP contribution in [0.1, 0.15) is 31.2 Å². The Bertz CT molecular complexity index is 488. The number of aromatic nitrogens is 1. The van der Waals surface area contributed by atoms with E-state index in [4.69, 9.17) is 4.74 Å². The molecule has 0 atom stereocenters. The van der Waals surface area contributed by atoms with Gasteiger partial charge >= 0.3 is 0 Å². The molecule has 2 saturated heterocycles. The second-order valence-corrected chi connectivity index (χ2v) is 6.47. The Labute approximate surface area is 138 Å². The van der Waals surface area contributed by atoms with Crippen LogP contribution in [0.15, 0.2) is 24.5 Å². The van der Waals surface area contributed by atoms with Crippen LogP contribution in [0.25, 0.3) is 0 Å². The molecule has 0 aliphatic carbocycles. The largest absolute Gasteiger partial charge is 0.381 e. The van der Waals surface area contributed by atoms with Crippen LogP contribution < -0.4 is 0 Å². The second-order valence-electron chi connectivity index (χ2n) is 6.47. The van der Waals surface area contributed by atoms with Crippen molar-refractivity contribution >= 4 is 5.91 Å². The first kappa shape index (κ1) is 16.4. The summed E-state index contributed by atoms with van der Waals surface area (Å²) in [7, 11) is 0. The van der Waals surface area contributed by atoms with Gasteiger partial charge in [-0.15, -0.1) is 0 Å². The number of hydrogen-bond donors (Lipinski definition) is 0. The van der Waals surface area contributed by atoms with Gasteiger partial charge in [-0.2, -0.15) is 0 Å². The van der Waals surface area contributed by atoms with Gasteiger partial charge in [0.1, 0.15) is 0 Å². The van der Waals surface area contributed by atoms with Crippen LogP contribution in [0.2, 0.25) is 0 Å². The predicted molar refractivity (Wildman–Crippen MR) is 89.2 cm³/mol. The van der Waals surface area contributed by atoms with E-state index in [1.54, 1.807) is 12.4 Å². The summed E-state index contributed by atoms with van der Waals surface area (Å²) in [6.07, 6.45) is 8.34. The molecule has 1 amide bonds. The lowest BCUT2D eigenvalue weighted by Crippen LogP contribution is -2.42. The van der Waals surface area contributed by atoms with Crippen LogP contribution in [-0.2, 0) is 16.0 Å². The maximum atomic E-state index is 12.5. The minimum atomic E-state index is 0.288. The fraction of sp³-hybridized carbons (Fsp3) is 0.667. The van der Waals surface area contributed by atoms with Crippen LogP contribution in [0.4, 0.5) is 0 Å². The first-order valence-electron chi connectivity index (χ1n) is 8.81. The average molecular weight is 317 g/mol. The number of ether oxygens (including phenoxy) is 1. The Hall–Kier alpha value is -1.46. The summed E-state index contributed by atoms with van der Waals surface area (Å²) in [5, 5.41) is 0. The molecule has 2 aliphatic heterocycles. The van der Waals surface area contributed by atoms with Gasteiger partial charge in [-0.25, -0.2) is 0 Å². The molecule has 1 aromatic rings. The molecule has 126 valence electrons. The Balaban J connectivity index is 1.46. The van der Waals surface area contributed by atoms with E-state index in [2.05, 4.69) is 14.8 Å². The predicted octanol–water partition coefficient (Wildman–Crippen LogP) is 1.73. The van der Waals surface area contributed by atoms with Gasteiger partial charge in [0.2, 0.25) is 5.91 Å². The zero-order chi connectivity index (χ0) is 15.9. The summed E-state index contributed by atoms with van der Waals surface area (Å²) in [5.74, 6) is 0.288. The molecular weight excluding hydrogens is 290 g/mol. The molecule has 0 unspecified atom stereocenters. The molecule has 0 N–H and O–H groups in total. The number of nitrogens with zero attached hydrogens (tertiary/aromatic N) is 3. The number of amides is 1. The zero-order valence-electron chi connectivity index (χ0n) is 13.8. The summed E-state index contributed by atoms with van der Waals surface area (Å²) in [4.78, 5) is 21.1. The number of carbonyl (C=O) groups is 1. The number of rotatable bonds is 4. The first-order valence-corrected chi connectivity index (χ1v) is 8.81. The third-order valence-electron chi connectivity index (χ3n) is 4.97. The van der Waals surface area contributed by atoms with Gasteiger partial charge < -0.3 is 9.64 Å². The first-order chi connectivity index (χ1) is 11.3. The van der Waals surface area contributed by atoms with Crippen molar-refractivity contribution in [2.24, 2.45) is 0 Å². The molecule has 0 spiro atoms. The molecule has 0 bridgehead atoms. The van der Waals surface area contributed by atoms with E-state index in [1.807, 2.05) is 12.1 Å². The standard InChI is InChI=1S/C18H27N3O2/c22-18(3-2-16-4-8-19-9-5-16)21-11-1-10-20(12-13-21)17-6-14-23-15-7-17/h4-5,8-9,17H,1-3,6-7,10-15H2. The van der Waals surface area contributed by atoms with Crippen molar-refractivity contribution in [2.75, 3.05) is 39.4 Å². The fourth-order valence-electron chi connectivity index (χ4n) is 3.56. The SMILES string of the molecule is O=C(CCc1ccncc1)N1CCCN(C2CCOCC2)CC1. The Morgan fingerprint density at radius 2 is 1.91 bits per heavy atom. The molecule has 23 heavy (non-hydrogen) atoms. The van der Waals surface area contributed by atoms with Gasteiger partial charge in [0, 0.05) is 64.2 Å². The van der Waals surface area contributed by atoms with Gasteiger partial charge in [-0.1, -0.05) is 0 Å². The normalized spacial score (nSPS) is 21.1. The second kappa shape index (κ2) is 8.41. The average Bonchev–Trinajstić information content (AvgIpc) is 2.87. The molecule has 5 nitrogen and oxygen atoms in total. The quantitative estimate of drug-likeness (QED) is 0.848. The minimum absolute atomic E-state index is 0.288. The van der Waals surface area contributed by atoms with E-state index >= 15 is 0 Å². The topological polar surface area (TPSA) is 45.7 Å². The minimum Gasteiger partial charge on any atom is -0.381 e. The molecule has 0 saturated carbocycles. The van der Waals surface area contributed by atoms with Crippen molar-refractivity contribution in [3.05, 3.63) is 30.1 Å². The summed E-state index contributed by atoms with van der Waals surface area (Å²) >= 11 is 0. The maximum Gasteiger partial charge on any atom is 0.222 e. The summed E-state index contributed by atoms with van der Waals surface area (Å²) in [6, 6.07) is 4.63. The summed E-state index contributed by atoms with van der Waals surface area (Å²) < 4.78 is 5.46. The fourth-order valence-corrected chi connectivity index (χ4v) is 3.56. The van der Waals surface area contributed by atoms with Gasteiger partial charge in [-0.05, 0) is 43.4 Å². The molecule has 3 rings (SSSR count). The zero-order valence-corrected chi connectivity index (χ0v) is 13.8. The van der Waals surface area contributed by atoms with E-state index < -0.39 is 0 Å². The third kappa shape index (κ3) is 4.75. The van der Waals surface area contributed by atoms with Crippen molar-refractivity contribution < 1.29 is 9.53 Å². The van der Waals surface area contributed by atoms with Crippen molar-refractivity contribution in [3.63, 3.8) is 0 Å². The lowest BCUT2D eigenvalue weighted by molar-refractivity contribution is -0.131. The molecule has 1 aromatic heterocycles. The summed E-state index contributed by atoms with van der Waals surface area (Å²) in [6.45, 7) is 5.65. The number of aryl methyl sites for hydroxylation is 1. The van der Waals surface area contributed by atoms with E-state index in [0.29, 0.717) is 12.5 Å². The van der Waals surface area contributed by atoms with Gasteiger partial charge in [-0.3, -0.25) is 14.7 Å². The molecular formula is C18H27N3O2. The Kier molecular flexibility index (Phi) is 6.00. The van der Waals surface area contributed by atoms with Gasteiger partial charge in [0.05, 0.1) is 0 Å². The van der Waals surface area contributed by atoms with E-state index in [-0.39, 0.29) is 5.91 Å². The number of pyridine rings is 1. The molecule has 5 heteroatoms. The number of hydrogen-bond acceptors (Lipinski definition) is 4. The Morgan fingerprint density at radius 3 is 2.70 bits per heavy atom. The highest BCUT2D eigenvalue weighted by Gasteiger charge is 2.25. The van der Waals surface area contributed by atoms with E-state index in [0.717, 1.165) is 65.1 Å². The van der Waals surface area contributed by atoms with Crippen molar-refractivity contribution in [2.45, 2.75) is 38.1 Å². The molecule has 3 heterocycles. The number of carbonyl (C=O) groups excluding carboxylic acids is 1. The van der Waals surface area contributed by atoms with Crippen LogP contribution in [0.5, 0.6) is 0 Å². The van der Waals surface area contributed by atoms with Gasteiger partial charge in [0.25, 0.3) is 0 Å². The molecule has 2 aliphatic rings. The molecule has 0 radical (unpaired) electrons. The van der Waals surface area contributed by atoms with Gasteiger partial charge in [0.15, 0.2) is 0 Å². The van der Waals surface area contributed by atoms with Crippen molar-refractivity contribution in [3.8, 4) is 0 Å². The highest BCUT2D eigenvalue weighted by atomic mass is 16.5. The van der Waals surface area contributed by atoms with E-state index in [1.165, 1.54) is 5.56 Å². The summed E-state index contributed by atoms with van der Waals surface area (Å²) in [5.41, 5.74) is 1.19. The highest BCUT2D eigenvalue weighted by molar-refractivity contribution is 5.76. The van der Waals surface area contributed by atoms with Crippen molar-refractivity contribution in [1.29, 1.82) is 0 Å². The molecule has 2 fully saturated rings. The third-order valence-corrected chi connectivity index (χ3v) is 4.97. The lowest BCUT2D eigenvalue weighted by Gasteiger charge is -2.33. The van der Waals surface area contributed by atoms with Crippen molar-refractivity contribution in [1.82, 2.24) is 14.8 Å².